The fourth-order valence-corrected chi connectivity index (χ4v) is 4.38. The first-order chi connectivity index (χ1) is 10.2. The van der Waals surface area contributed by atoms with Crippen molar-refractivity contribution in [2.75, 3.05) is 0 Å². The number of hydrogen-bond donors (Lipinski definition) is 1. The number of hydrogen-bond acceptors (Lipinski definition) is 1. The lowest BCUT2D eigenvalue weighted by Gasteiger charge is -2.41. The fraction of sp³-hybridized carbons (Fsp3) is 0.700. The molecule has 5 unspecified atom stereocenters. The van der Waals surface area contributed by atoms with Crippen molar-refractivity contribution in [3.63, 3.8) is 0 Å². The summed E-state index contributed by atoms with van der Waals surface area (Å²) in [5, 5.41) is 0. The van der Waals surface area contributed by atoms with Gasteiger partial charge in [0.25, 0.3) is 0 Å². The average molecular weight is 287 g/mol. The van der Waals surface area contributed by atoms with Gasteiger partial charge < -0.3 is 5.73 Å². The predicted molar refractivity (Wildman–Crippen MR) is 92.4 cm³/mol. The van der Waals surface area contributed by atoms with Crippen molar-refractivity contribution in [2.24, 2.45) is 23.5 Å². The van der Waals surface area contributed by atoms with Gasteiger partial charge in [0.2, 0.25) is 0 Å². The highest BCUT2D eigenvalue weighted by Crippen LogP contribution is 2.41. The van der Waals surface area contributed by atoms with Crippen LogP contribution in [0.25, 0.3) is 0 Å². The number of nitrogens with two attached hydrogens (primary N) is 1. The second kappa shape index (κ2) is 7.98. The summed E-state index contributed by atoms with van der Waals surface area (Å²) in [4.78, 5) is 0. The standard InChI is InChI=1S/C20H33N/c1-4-15(3)19(17-12-7-6-8-13-17)20(21)18-14-10-9-11-16(18)5-2/h6-8,12-13,15-16,18-20H,4-5,9-11,14,21H2,1-3H3. The van der Waals surface area contributed by atoms with Gasteiger partial charge in [0.05, 0.1) is 0 Å². The van der Waals surface area contributed by atoms with Crippen molar-refractivity contribution in [1.82, 2.24) is 0 Å². The topological polar surface area (TPSA) is 26.0 Å². The summed E-state index contributed by atoms with van der Waals surface area (Å²) in [6.07, 6.45) is 7.99. The molecular formula is C20H33N. The molecule has 0 amide bonds. The molecule has 2 rings (SSSR count). The lowest BCUT2D eigenvalue weighted by molar-refractivity contribution is 0.164. The maximum Gasteiger partial charge on any atom is 0.0141 e. The molecule has 0 aromatic heterocycles. The minimum atomic E-state index is 0.313. The van der Waals surface area contributed by atoms with E-state index in [9.17, 15) is 0 Å². The molecule has 1 fully saturated rings. The molecule has 1 heteroatoms. The van der Waals surface area contributed by atoms with Crippen LogP contribution in [0.3, 0.4) is 0 Å². The third-order valence-electron chi connectivity index (χ3n) is 5.84. The predicted octanol–water partition coefficient (Wildman–Crippen LogP) is 5.36. The van der Waals surface area contributed by atoms with Gasteiger partial charge in [-0.15, -0.1) is 0 Å². The Hall–Kier alpha value is -0.820. The van der Waals surface area contributed by atoms with E-state index < -0.39 is 0 Å². The molecule has 0 bridgehead atoms. The van der Waals surface area contributed by atoms with Crippen molar-refractivity contribution in [1.29, 1.82) is 0 Å². The molecule has 21 heavy (non-hydrogen) atoms. The Morgan fingerprint density at radius 3 is 2.38 bits per heavy atom. The largest absolute Gasteiger partial charge is 0.327 e. The minimum absolute atomic E-state index is 0.313. The van der Waals surface area contributed by atoms with E-state index in [4.69, 9.17) is 5.73 Å². The van der Waals surface area contributed by atoms with Gasteiger partial charge in [-0.2, -0.15) is 0 Å². The molecule has 2 N–H and O–H groups in total. The van der Waals surface area contributed by atoms with Crippen molar-refractivity contribution in [3.05, 3.63) is 35.9 Å². The van der Waals surface area contributed by atoms with Gasteiger partial charge in [-0.05, 0) is 29.7 Å². The summed E-state index contributed by atoms with van der Waals surface area (Å²) in [6.45, 7) is 7.02. The van der Waals surface area contributed by atoms with Gasteiger partial charge >= 0.3 is 0 Å². The van der Waals surface area contributed by atoms with Crippen LogP contribution in [0.15, 0.2) is 30.3 Å². The fourth-order valence-electron chi connectivity index (χ4n) is 4.38. The normalized spacial score (nSPS) is 27.0. The molecule has 1 nitrogen and oxygen atoms in total. The van der Waals surface area contributed by atoms with Crippen molar-refractivity contribution in [3.8, 4) is 0 Å². The highest BCUT2D eigenvalue weighted by Gasteiger charge is 2.35. The van der Waals surface area contributed by atoms with E-state index in [0.29, 0.717) is 23.8 Å². The third-order valence-corrected chi connectivity index (χ3v) is 5.84. The van der Waals surface area contributed by atoms with Crippen LogP contribution >= 0.6 is 0 Å². The molecule has 1 saturated carbocycles. The SMILES string of the molecule is CCC(C)C(c1ccccc1)C(N)C1CCCCC1CC. The molecule has 1 aliphatic rings. The first kappa shape index (κ1) is 16.5. The van der Waals surface area contributed by atoms with E-state index in [1.807, 2.05) is 0 Å². The second-order valence-electron chi connectivity index (χ2n) is 7.02. The molecule has 118 valence electrons. The maximum atomic E-state index is 6.87. The summed E-state index contributed by atoms with van der Waals surface area (Å²) in [6, 6.07) is 11.3. The van der Waals surface area contributed by atoms with Crippen molar-refractivity contribution in [2.45, 2.75) is 71.3 Å². The van der Waals surface area contributed by atoms with Gasteiger partial charge in [0, 0.05) is 12.0 Å². The molecule has 0 heterocycles. The Labute approximate surface area is 131 Å². The third kappa shape index (κ3) is 3.88. The summed E-state index contributed by atoms with van der Waals surface area (Å²) in [5.74, 6) is 2.71. The molecule has 1 aliphatic carbocycles. The Kier molecular flexibility index (Phi) is 6.29. The van der Waals surface area contributed by atoms with Gasteiger partial charge in [0.15, 0.2) is 0 Å². The molecule has 0 spiro atoms. The van der Waals surface area contributed by atoms with E-state index in [1.165, 1.54) is 44.1 Å². The molecule has 0 saturated heterocycles. The second-order valence-corrected chi connectivity index (χ2v) is 7.02. The quantitative estimate of drug-likeness (QED) is 0.749. The van der Waals surface area contributed by atoms with Crippen molar-refractivity contribution < 1.29 is 0 Å². The molecular weight excluding hydrogens is 254 g/mol. The van der Waals surface area contributed by atoms with Crippen LogP contribution in [0.5, 0.6) is 0 Å². The zero-order chi connectivity index (χ0) is 15.2. The van der Waals surface area contributed by atoms with E-state index in [-0.39, 0.29) is 0 Å². The van der Waals surface area contributed by atoms with Crippen LogP contribution in [-0.2, 0) is 0 Å². The van der Waals surface area contributed by atoms with Crippen LogP contribution in [0, 0.1) is 17.8 Å². The Morgan fingerprint density at radius 1 is 1.10 bits per heavy atom. The summed E-state index contributed by atoms with van der Waals surface area (Å²) in [7, 11) is 0. The monoisotopic (exact) mass is 287 g/mol. The van der Waals surface area contributed by atoms with Crippen LogP contribution < -0.4 is 5.73 Å². The zero-order valence-corrected chi connectivity index (χ0v) is 14.1. The average Bonchev–Trinajstić information content (AvgIpc) is 2.55. The van der Waals surface area contributed by atoms with Gasteiger partial charge in [-0.1, -0.05) is 83.2 Å². The molecule has 1 aromatic carbocycles. The summed E-state index contributed by atoms with van der Waals surface area (Å²) >= 11 is 0. The Balaban J connectivity index is 2.23. The minimum Gasteiger partial charge on any atom is -0.327 e. The highest BCUT2D eigenvalue weighted by atomic mass is 14.7. The van der Waals surface area contributed by atoms with E-state index in [1.54, 1.807) is 0 Å². The van der Waals surface area contributed by atoms with E-state index >= 15 is 0 Å². The lowest BCUT2D eigenvalue weighted by Crippen LogP contribution is -2.43. The van der Waals surface area contributed by atoms with E-state index in [0.717, 1.165) is 5.92 Å². The molecule has 0 radical (unpaired) electrons. The lowest BCUT2D eigenvalue weighted by atomic mass is 9.67. The smallest absolute Gasteiger partial charge is 0.0141 e. The highest BCUT2D eigenvalue weighted by molar-refractivity contribution is 5.22. The van der Waals surface area contributed by atoms with Crippen molar-refractivity contribution >= 4 is 0 Å². The van der Waals surface area contributed by atoms with Gasteiger partial charge in [-0.3, -0.25) is 0 Å². The number of benzene rings is 1. The van der Waals surface area contributed by atoms with Crippen LogP contribution in [0.2, 0.25) is 0 Å². The van der Waals surface area contributed by atoms with Crippen LogP contribution in [-0.4, -0.2) is 6.04 Å². The maximum absolute atomic E-state index is 6.87. The molecule has 1 aromatic rings. The van der Waals surface area contributed by atoms with Gasteiger partial charge in [0.1, 0.15) is 0 Å². The van der Waals surface area contributed by atoms with Gasteiger partial charge in [-0.25, -0.2) is 0 Å². The Bertz CT molecular complexity index is 400. The zero-order valence-electron chi connectivity index (χ0n) is 14.1. The Morgan fingerprint density at radius 2 is 1.76 bits per heavy atom. The first-order valence-electron chi connectivity index (χ1n) is 8.99. The summed E-state index contributed by atoms with van der Waals surface area (Å²) in [5.41, 5.74) is 8.31. The first-order valence-corrected chi connectivity index (χ1v) is 8.99. The number of rotatable bonds is 6. The summed E-state index contributed by atoms with van der Waals surface area (Å²) < 4.78 is 0. The van der Waals surface area contributed by atoms with E-state index in [2.05, 4.69) is 51.1 Å². The molecule has 5 atom stereocenters. The van der Waals surface area contributed by atoms with Crippen LogP contribution in [0.4, 0.5) is 0 Å². The molecule has 0 aliphatic heterocycles. The van der Waals surface area contributed by atoms with Crippen LogP contribution in [0.1, 0.15) is 70.8 Å².